The number of amides is 1. The highest BCUT2D eigenvalue weighted by Gasteiger charge is 2.25. The van der Waals surface area contributed by atoms with Crippen molar-refractivity contribution < 1.29 is 14.1 Å². The van der Waals surface area contributed by atoms with Crippen molar-refractivity contribution in [2.45, 2.75) is 39.3 Å². The normalized spacial score (nSPS) is 12.8. The molecule has 1 aromatic carbocycles. The molecule has 0 saturated carbocycles. The van der Waals surface area contributed by atoms with Crippen LogP contribution in [0.2, 0.25) is 0 Å². The molecular weight excluding hydrogens is 270 g/mol. The fourth-order valence-corrected chi connectivity index (χ4v) is 1.79. The number of hydrogen-bond donors (Lipinski definition) is 1. The number of benzene rings is 1. The molecule has 2 aromatic rings. The Morgan fingerprint density at radius 1 is 1.29 bits per heavy atom. The number of hydrogen-bond acceptors (Lipinski definition) is 5. The minimum Gasteiger partial charge on any atom is -0.444 e. The van der Waals surface area contributed by atoms with E-state index in [2.05, 4.69) is 15.5 Å². The lowest BCUT2D eigenvalue weighted by atomic mass is 10.1. The number of ether oxygens (including phenoxy) is 1. The van der Waals surface area contributed by atoms with Crippen LogP contribution in [0.25, 0.3) is 0 Å². The van der Waals surface area contributed by atoms with Crippen molar-refractivity contribution >= 4 is 6.09 Å². The van der Waals surface area contributed by atoms with E-state index in [1.807, 2.05) is 30.3 Å². The van der Waals surface area contributed by atoms with Crippen molar-refractivity contribution in [2.24, 2.45) is 0 Å². The van der Waals surface area contributed by atoms with Crippen molar-refractivity contribution in [1.82, 2.24) is 15.5 Å². The number of aromatic nitrogens is 2. The van der Waals surface area contributed by atoms with E-state index in [0.29, 0.717) is 11.7 Å². The molecule has 112 valence electrons. The van der Waals surface area contributed by atoms with Crippen LogP contribution >= 0.6 is 0 Å². The van der Waals surface area contributed by atoms with Crippen LogP contribution in [-0.4, -0.2) is 21.8 Å². The first-order valence-corrected chi connectivity index (χ1v) is 6.70. The molecular formula is C15H19N3O3. The number of alkyl carbamates (subject to hydrolysis) is 1. The SMILES string of the molecule is Cc1noc([C@H](NC(=O)OC(C)(C)C)c2ccccc2)n1. The van der Waals surface area contributed by atoms with E-state index in [9.17, 15) is 4.79 Å². The largest absolute Gasteiger partial charge is 0.444 e. The molecule has 0 saturated heterocycles. The standard InChI is InChI=1S/C15H19N3O3/c1-10-16-13(21-18-10)12(11-8-6-5-7-9-11)17-14(19)20-15(2,3)4/h5-9,12H,1-4H3,(H,17,19)/t12-/m1/s1. The Kier molecular flexibility index (Phi) is 4.26. The van der Waals surface area contributed by atoms with E-state index in [1.165, 1.54) is 0 Å². The highest BCUT2D eigenvalue weighted by molar-refractivity contribution is 5.68. The summed E-state index contributed by atoms with van der Waals surface area (Å²) in [6.07, 6.45) is -0.535. The first-order chi connectivity index (χ1) is 9.85. The Bertz CT molecular complexity index is 602. The molecule has 0 bridgehead atoms. The lowest BCUT2D eigenvalue weighted by molar-refractivity contribution is 0.0504. The monoisotopic (exact) mass is 289 g/mol. The highest BCUT2D eigenvalue weighted by atomic mass is 16.6. The van der Waals surface area contributed by atoms with Crippen molar-refractivity contribution in [2.75, 3.05) is 0 Å². The second kappa shape index (κ2) is 5.95. The molecule has 1 atom stereocenters. The summed E-state index contributed by atoms with van der Waals surface area (Å²) in [6, 6.07) is 8.86. The minimum atomic E-state index is -0.573. The molecule has 0 spiro atoms. The van der Waals surface area contributed by atoms with Gasteiger partial charge in [0.2, 0.25) is 0 Å². The highest BCUT2D eigenvalue weighted by Crippen LogP contribution is 2.21. The number of aryl methyl sites for hydroxylation is 1. The molecule has 0 aliphatic rings. The summed E-state index contributed by atoms with van der Waals surface area (Å²) < 4.78 is 10.5. The van der Waals surface area contributed by atoms with Gasteiger partial charge in [0.1, 0.15) is 11.6 Å². The fourth-order valence-electron chi connectivity index (χ4n) is 1.79. The molecule has 0 radical (unpaired) electrons. The van der Waals surface area contributed by atoms with Crippen LogP contribution in [0, 0.1) is 6.92 Å². The molecule has 6 nitrogen and oxygen atoms in total. The van der Waals surface area contributed by atoms with Crippen LogP contribution < -0.4 is 5.32 Å². The van der Waals surface area contributed by atoms with Gasteiger partial charge in [-0.2, -0.15) is 4.98 Å². The summed E-state index contributed by atoms with van der Waals surface area (Å²) in [5.74, 6) is 0.835. The van der Waals surface area contributed by atoms with E-state index in [0.717, 1.165) is 5.56 Å². The first-order valence-electron chi connectivity index (χ1n) is 6.70. The van der Waals surface area contributed by atoms with Crippen LogP contribution in [0.4, 0.5) is 4.79 Å². The van der Waals surface area contributed by atoms with Gasteiger partial charge in [0.15, 0.2) is 5.82 Å². The molecule has 21 heavy (non-hydrogen) atoms. The summed E-state index contributed by atoms with van der Waals surface area (Å²) in [5, 5.41) is 6.53. The number of rotatable bonds is 3. The van der Waals surface area contributed by atoms with Gasteiger partial charge in [0.05, 0.1) is 0 Å². The van der Waals surface area contributed by atoms with Crippen LogP contribution in [0.3, 0.4) is 0 Å². The van der Waals surface area contributed by atoms with Crippen molar-refractivity contribution in [3.63, 3.8) is 0 Å². The lowest BCUT2D eigenvalue weighted by Crippen LogP contribution is -2.35. The molecule has 0 unspecified atom stereocenters. The summed E-state index contributed by atoms with van der Waals surface area (Å²) in [7, 11) is 0. The maximum Gasteiger partial charge on any atom is 0.408 e. The van der Waals surface area contributed by atoms with E-state index < -0.39 is 17.7 Å². The van der Waals surface area contributed by atoms with Gasteiger partial charge in [-0.1, -0.05) is 35.5 Å². The number of carbonyl (C=O) groups excluding carboxylic acids is 1. The van der Waals surface area contributed by atoms with E-state index >= 15 is 0 Å². The second-order valence-corrected chi connectivity index (χ2v) is 5.67. The fraction of sp³-hybridized carbons (Fsp3) is 0.400. The summed E-state index contributed by atoms with van der Waals surface area (Å²) in [5.41, 5.74) is 0.266. The van der Waals surface area contributed by atoms with Gasteiger partial charge in [-0.05, 0) is 33.3 Å². The summed E-state index contributed by atoms with van der Waals surface area (Å²) in [4.78, 5) is 16.2. The van der Waals surface area contributed by atoms with Gasteiger partial charge < -0.3 is 14.6 Å². The Morgan fingerprint density at radius 2 is 1.95 bits per heavy atom. The molecule has 1 N–H and O–H groups in total. The quantitative estimate of drug-likeness (QED) is 0.939. The zero-order chi connectivity index (χ0) is 15.5. The Labute approximate surface area is 123 Å². The summed E-state index contributed by atoms with van der Waals surface area (Å²) >= 11 is 0. The number of nitrogens with one attached hydrogen (secondary N) is 1. The van der Waals surface area contributed by atoms with E-state index in [1.54, 1.807) is 27.7 Å². The molecule has 0 aliphatic heterocycles. The van der Waals surface area contributed by atoms with Gasteiger partial charge in [-0.3, -0.25) is 0 Å². The molecule has 6 heteroatoms. The average molecular weight is 289 g/mol. The Hall–Kier alpha value is -2.37. The molecule has 1 heterocycles. The molecule has 1 aromatic heterocycles. The van der Waals surface area contributed by atoms with Crippen molar-refractivity contribution in [1.29, 1.82) is 0 Å². The Balaban J connectivity index is 2.23. The lowest BCUT2D eigenvalue weighted by Gasteiger charge is -2.22. The Morgan fingerprint density at radius 3 is 2.48 bits per heavy atom. The smallest absolute Gasteiger partial charge is 0.408 e. The zero-order valence-corrected chi connectivity index (χ0v) is 12.6. The van der Waals surface area contributed by atoms with Crippen LogP contribution in [0.1, 0.15) is 44.1 Å². The van der Waals surface area contributed by atoms with E-state index in [-0.39, 0.29) is 0 Å². The summed E-state index contributed by atoms with van der Waals surface area (Å²) in [6.45, 7) is 7.14. The predicted octanol–water partition coefficient (Wildman–Crippen LogP) is 2.99. The first kappa shape index (κ1) is 15.0. The third kappa shape index (κ3) is 4.30. The van der Waals surface area contributed by atoms with Gasteiger partial charge in [0.25, 0.3) is 5.89 Å². The minimum absolute atomic E-state index is 0.324. The third-order valence-electron chi connectivity index (χ3n) is 2.58. The molecule has 0 fully saturated rings. The predicted molar refractivity (Wildman–Crippen MR) is 76.7 cm³/mol. The van der Waals surface area contributed by atoms with Crippen LogP contribution in [-0.2, 0) is 4.74 Å². The zero-order valence-electron chi connectivity index (χ0n) is 12.6. The van der Waals surface area contributed by atoms with E-state index in [4.69, 9.17) is 9.26 Å². The second-order valence-electron chi connectivity index (χ2n) is 5.67. The van der Waals surface area contributed by atoms with Gasteiger partial charge in [-0.15, -0.1) is 0 Å². The van der Waals surface area contributed by atoms with Gasteiger partial charge in [0, 0.05) is 0 Å². The number of nitrogens with zero attached hydrogens (tertiary/aromatic N) is 2. The molecule has 2 rings (SSSR count). The average Bonchev–Trinajstić information content (AvgIpc) is 2.81. The van der Waals surface area contributed by atoms with Crippen molar-refractivity contribution in [3.8, 4) is 0 Å². The number of carbonyl (C=O) groups is 1. The van der Waals surface area contributed by atoms with Gasteiger partial charge in [-0.25, -0.2) is 4.79 Å². The maximum atomic E-state index is 12.0. The molecule has 0 aliphatic carbocycles. The third-order valence-corrected chi connectivity index (χ3v) is 2.58. The topological polar surface area (TPSA) is 77.2 Å². The van der Waals surface area contributed by atoms with Crippen LogP contribution in [0.5, 0.6) is 0 Å². The van der Waals surface area contributed by atoms with Crippen molar-refractivity contribution in [3.05, 3.63) is 47.6 Å². The van der Waals surface area contributed by atoms with Crippen LogP contribution in [0.15, 0.2) is 34.9 Å². The van der Waals surface area contributed by atoms with Gasteiger partial charge >= 0.3 is 6.09 Å². The maximum absolute atomic E-state index is 12.0. The molecule has 1 amide bonds.